The van der Waals surface area contributed by atoms with Gasteiger partial charge in [0.2, 0.25) is 0 Å². The van der Waals surface area contributed by atoms with Crippen molar-refractivity contribution in [3.63, 3.8) is 0 Å². The summed E-state index contributed by atoms with van der Waals surface area (Å²) in [7, 11) is 0. The minimum absolute atomic E-state index is 0.0112. The van der Waals surface area contributed by atoms with E-state index >= 15 is 0 Å². The highest BCUT2D eigenvalue weighted by molar-refractivity contribution is 6.41. The summed E-state index contributed by atoms with van der Waals surface area (Å²) >= 11 is 6.04. The van der Waals surface area contributed by atoms with E-state index in [1.54, 1.807) is 25.1 Å². The molecule has 3 N–H and O–H groups in total. The summed E-state index contributed by atoms with van der Waals surface area (Å²) < 4.78 is 0. The molecule has 0 fully saturated rings. The minimum Gasteiger partial charge on any atom is -0.391 e. The zero-order chi connectivity index (χ0) is 16.2. The molecule has 21 heavy (non-hydrogen) atoms. The van der Waals surface area contributed by atoms with Crippen LogP contribution in [0, 0.1) is 12.3 Å². The molecular weight excluding hydrogens is 292 g/mol. The Morgan fingerprint density at radius 2 is 1.90 bits per heavy atom. The summed E-state index contributed by atoms with van der Waals surface area (Å²) in [6.45, 7) is 7.35. The molecule has 0 bridgehead atoms. The predicted octanol–water partition coefficient (Wildman–Crippen LogP) is 2.11. The van der Waals surface area contributed by atoms with Crippen molar-refractivity contribution in [2.45, 2.75) is 33.8 Å². The molecule has 0 radical (unpaired) electrons. The summed E-state index contributed by atoms with van der Waals surface area (Å²) in [6.07, 6.45) is -0.739. The second-order valence-corrected chi connectivity index (χ2v) is 6.36. The van der Waals surface area contributed by atoms with Gasteiger partial charge in [0.25, 0.3) is 0 Å². The van der Waals surface area contributed by atoms with Crippen molar-refractivity contribution < 1.29 is 14.7 Å². The van der Waals surface area contributed by atoms with E-state index in [4.69, 9.17) is 11.6 Å². The number of hydrogen-bond donors (Lipinski definition) is 3. The lowest BCUT2D eigenvalue weighted by molar-refractivity contribution is -0.136. The Kier molecular flexibility index (Phi) is 5.75. The van der Waals surface area contributed by atoms with Gasteiger partial charge in [-0.15, -0.1) is 0 Å². The summed E-state index contributed by atoms with van der Waals surface area (Å²) in [5.41, 5.74) is 0.815. The minimum atomic E-state index is -0.816. The molecule has 0 spiro atoms. The number of carbonyl (C=O) groups is 2. The highest BCUT2D eigenvalue weighted by Gasteiger charge is 2.24. The monoisotopic (exact) mass is 312 g/mol. The molecule has 1 aromatic rings. The Labute approximate surface area is 129 Å². The molecule has 5 nitrogen and oxygen atoms in total. The van der Waals surface area contributed by atoms with E-state index in [9.17, 15) is 14.7 Å². The fourth-order valence-corrected chi connectivity index (χ4v) is 1.67. The van der Waals surface area contributed by atoms with Crippen LogP contribution in [-0.2, 0) is 9.59 Å². The number of aryl methyl sites for hydroxylation is 1. The van der Waals surface area contributed by atoms with Gasteiger partial charge >= 0.3 is 11.8 Å². The van der Waals surface area contributed by atoms with Gasteiger partial charge in [-0.3, -0.25) is 9.59 Å². The molecule has 0 aromatic heterocycles. The van der Waals surface area contributed by atoms with Crippen molar-refractivity contribution in [2.24, 2.45) is 5.41 Å². The van der Waals surface area contributed by atoms with Gasteiger partial charge in [0.1, 0.15) is 0 Å². The Morgan fingerprint density at radius 3 is 2.48 bits per heavy atom. The highest BCUT2D eigenvalue weighted by Crippen LogP contribution is 2.24. The van der Waals surface area contributed by atoms with E-state index < -0.39 is 17.9 Å². The average Bonchev–Trinajstić information content (AvgIpc) is 2.39. The van der Waals surface area contributed by atoms with Gasteiger partial charge in [0.15, 0.2) is 0 Å². The lowest BCUT2D eigenvalue weighted by Gasteiger charge is -2.25. The Morgan fingerprint density at radius 1 is 1.29 bits per heavy atom. The fourth-order valence-electron chi connectivity index (χ4n) is 1.50. The zero-order valence-electron chi connectivity index (χ0n) is 12.7. The van der Waals surface area contributed by atoms with Gasteiger partial charge in [-0.05, 0) is 24.0 Å². The molecule has 6 heteroatoms. The van der Waals surface area contributed by atoms with E-state index in [0.29, 0.717) is 10.7 Å². The second-order valence-electron chi connectivity index (χ2n) is 5.98. The van der Waals surface area contributed by atoms with E-state index in [1.165, 1.54) is 0 Å². The number of anilines is 1. The van der Waals surface area contributed by atoms with Crippen LogP contribution >= 0.6 is 11.6 Å². The van der Waals surface area contributed by atoms with Crippen LogP contribution in [0.4, 0.5) is 5.69 Å². The summed E-state index contributed by atoms with van der Waals surface area (Å²) in [6, 6.07) is 5.15. The van der Waals surface area contributed by atoms with Crippen molar-refractivity contribution in [3.05, 3.63) is 28.8 Å². The first-order chi connectivity index (χ1) is 9.62. The van der Waals surface area contributed by atoms with Crippen LogP contribution in [0.25, 0.3) is 0 Å². The molecule has 1 aromatic carbocycles. The Bertz CT molecular complexity index is 538. The SMILES string of the molecule is Cc1cccc(NC(=O)C(=O)NCC(O)C(C)(C)C)c1Cl. The van der Waals surface area contributed by atoms with E-state index in [1.807, 2.05) is 20.8 Å². The molecule has 0 aliphatic rings. The first-order valence-electron chi connectivity index (χ1n) is 6.65. The number of benzene rings is 1. The van der Waals surface area contributed by atoms with Crippen molar-refractivity contribution >= 4 is 29.1 Å². The van der Waals surface area contributed by atoms with Crippen LogP contribution in [0.3, 0.4) is 0 Å². The van der Waals surface area contributed by atoms with Crippen molar-refractivity contribution in [3.8, 4) is 0 Å². The van der Waals surface area contributed by atoms with Crippen LogP contribution in [0.5, 0.6) is 0 Å². The molecule has 1 rings (SSSR count). The molecule has 0 saturated heterocycles. The third-order valence-electron chi connectivity index (χ3n) is 3.10. The standard InChI is InChI=1S/C15H21ClN2O3/c1-9-6-5-7-10(12(9)16)18-14(21)13(20)17-8-11(19)15(2,3)4/h5-7,11,19H,8H2,1-4H3,(H,17,20)(H,18,21). The third kappa shape index (κ3) is 5.02. The van der Waals surface area contributed by atoms with Crippen molar-refractivity contribution in [2.75, 3.05) is 11.9 Å². The molecule has 1 atom stereocenters. The van der Waals surface area contributed by atoms with Crippen LogP contribution in [0.15, 0.2) is 18.2 Å². The first kappa shape index (κ1) is 17.5. The molecule has 1 unspecified atom stereocenters. The lowest BCUT2D eigenvalue weighted by atomic mass is 9.89. The van der Waals surface area contributed by atoms with Gasteiger partial charge < -0.3 is 15.7 Å². The fraction of sp³-hybridized carbons (Fsp3) is 0.467. The second kappa shape index (κ2) is 6.91. The quantitative estimate of drug-likeness (QED) is 0.748. The number of halogens is 1. The van der Waals surface area contributed by atoms with E-state index in [0.717, 1.165) is 5.56 Å². The van der Waals surface area contributed by atoms with Gasteiger partial charge in [-0.25, -0.2) is 0 Å². The number of nitrogens with one attached hydrogen (secondary N) is 2. The molecule has 0 saturated carbocycles. The number of hydrogen-bond acceptors (Lipinski definition) is 3. The maximum atomic E-state index is 11.8. The maximum absolute atomic E-state index is 11.8. The number of carbonyl (C=O) groups excluding carboxylic acids is 2. The molecule has 0 heterocycles. The Balaban J connectivity index is 2.60. The van der Waals surface area contributed by atoms with Crippen molar-refractivity contribution in [1.29, 1.82) is 0 Å². The van der Waals surface area contributed by atoms with Gasteiger partial charge in [0.05, 0.1) is 16.8 Å². The molecule has 0 aliphatic heterocycles. The molecular formula is C15H21ClN2O3. The van der Waals surface area contributed by atoms with Gasteiger partial charge in [0, 0.05) is 6.54 Å². The summed E-state index contributed by atoms with van der Waals surface area (Å²) in [4.78, 5) is 23.5. The predicted molar refractivity (Wildman–Crippen MR) is 83.3 cm³/mol. The number of aliphatic hydroxyl groups excluding tert-OH is 1. The number of amides is 2. The molecule has 0 aliphatic carbocycles. The number of aliphatic hydroxyl groups is 1. The smallest absolute Gasteiger partial charge is 0.313 e. The summed E-state index contributed by atoms with van der Waals surface area (Å²) in [5, 5.41) is 15.1. The van der Waals surface area contributed by atoms with E-state index in [2.05, 4.69) is 10.6 Å². The van der Waals surface area contributed by atoms with Gasteiger partial charge in [-0.1, -0.05) is 44.5 Å². The first-order valence-corrected chi connectivity index (χ1v) is 7.03. The Hall–Kier alpha value is -1.59. The van der Waals surface area contributed by atoms with Crippen molar-refractivity contribution in [1.82, 2.24) is 5.32 Å². The van der Waals surface area contributed by atoms with Crippen LogP contribution < -0.4 is 10.6 Å². The van der Waals surface area contributed by atoms with Gasteiger partial charge in [-0.2, -0.15) is 0 Å². The topological polar surface area (TPSA) is 78.4 Å². The number of rotatable bonds is 3. The van der Waals surface area contributed by atoms with Crippen LogP contribution in [0.2, 0.25) is 5.02 Å². The third-order valence-corrected chi connectivity index (χ3v) is 3.60. The van der Waals surface area contributed by atoms with Crippen LogP contribution in [-0.4, -0.2) is 29.6 Å². The van der Waals surface area contributed by atoms with E-state index in [-0.39, 0.29) is 12.0 Å². The summed E-state index contributed by atoms with van der Waals surface area (Å²) in [5.74, 6) is -1.63. The van der Waals surface area contributed by atoms with Crippen LogP contribution in [0.1, 0.15) is 26.3 Å². The largest absolute Gasteiger partial charge is 0.391 e. The normalized spacial score (nSPS) is 12.7. The zero-order valence-corrected chi connectivity index (χ0v) is 13.4. The maximum Gasteiger partial charge on any atom is 0.313 e. The molecule has 116 valence electrons. The lowest BCUT2D eigenvalue weighted by Crippen LogP contribution is -2.43. The molecule has 2 amide bonds. The average molecular weight is 313 g/mol. The highest BCUT2D eigenvalue weighted by atomic mass is 35.5.